The highest BCUT2D eigenvalue weighted by molar-refractivity contribution is 6.30. The number of carboxylic acids is 1. The molecular formula is C18H17ClN2O3. The Morgan fingerprint density at radius 2 is 2.21 bits per heavy atom. The monoisotopic (exact) mass is 344 g/mol. The molecule has 1 aromatic rings. The molecule has 0 saturated carbocycles. The lowest BCUT2D eigenvalue weighted by Crippen LogP contribution is -2.27. The summed E-state index contributed by atoms with van der Waals surface area (Å²) < 4.78 is 5.33. The molecule has 0 radical (unpaired) electrons. The minimum atomic E-state index is -0.942. The first-order valence-electron chi connectivity index (χ1n) is 7.47. The van der Waals surface area contributed by atoms with E-state index >= 15 is 0 Å². The van der Waals surface area contributed by atoms with Gasteiger partial charge in [-0.3, -0.25) is 0 Å². The van der Waals surface area contributed by atoms with Crippen molar-refractivity contribution in [2.24, 2.45) is 0 Å². The van der Waals surface area contributed by atoms with Gasteiger partial charge in [0.25, 0.3) is 0 Å². The fourth-order valence-electron chi connectivity index (χ4n) is 2.65. The largest absolute Gasteiger partial charge is 0.496 e. The number of rotatable bonds is 5. The number of hydrogen-bond acceptors (Lipinski definition) is 4. The maximum absolute atomic E-state index is 11.4. The van der Waals surface area contributed by atoms with Gasteiger partial charge >= 0.3 is 5.97 Å². The highest BCUT2D eigenvalue weighted by Gasteiger charge is 2.22. The third-order valence-electron chi connectivity index (χ3n) is 3.82. The molecule has 24 heavy (non-hydrogen) atoms. The van der Waals surface area contributed by atoms with E-state index in [2.05, 4.69) is 5.32 Å². The quantitative estimate of drug-likeness (QED) is 0.857. The number of methoxy groups -OCH3 is 1. The van der Waals surface area contributed by atoms with Crippen molar-refractivity contribution < 1.29 is 14.6 Å². The summed E-state index contributed by atoms with van der Waals surface area (Å²) in [4.78, 5) is 13.0. The van der Waals surface area contributed by atoms with Crippen LogP contribution in [0, 0.1) is 0 Å². The Bertz CT molecular complexity index is 793. The van der Waals surface area contributed by atoms with Gasteiger partial charge in [0, 0.05) is 29.0 Å². The number of carboxylic acid groups (broad SMARTS) is 1. The molecule has 0 aromatic heterocycles. The Hall–Kier alpha value is -2.66. The number of fused-ring (bicyclic) bond motifs is 1. The first-order chi connectivity index (χ1) is 11.6. The smallest absolute Gasteiger partial charge is 0.352 e. The predicted molar refractivity (Wildman–Crippen MR) is 92.3 cm³/mol. The first kappa shape index (κ1) is 16.2. The molecule has 0 amide bonds. The number of allylic oxidation sites excluding steroid dienone is 4. The maximum Gasteiger partial charge on any atom is 0.352 e. The summed E-state index contributed by atoms with van der Waals surface area (Å²) in [5, 5.41) is 13.2. The van der Waals surface area contributed by atoms with Gasteiger partial charge in [0.1, 0.15) is 11.4 Å². The van der Waals surface area contributed by atoms with Gasteiger partial charge in [0.2, 0.25) is 0 Å². The molecule has 2 aliphatic rings. The van der Waals surface area contributed by atoms with Crippen LogP contribution in [0.25, 0.3) is 0 Å². The molecule has 124 valence electrons. The second-order valence-corrected chi connectivity index (χ2v) is 5.79. The lowest BCUT2D eigenvalue weighted by atomic mass is 10.1. The van der Waals surface area contributed by atoms with Crippen molar-refractivity contribution in [1.29, 1.82) is 0 Å². The Balaban J connectivity index is 1.77. The Morgan fingerprint density at radius 1 is 1.38 bits per heavy atom. The number of hydrogen-bond donors (Lipinski definition) is 2. The summed E-state index contributed by atoms with van der Waals surface area (Å²) in [6.07, 6.45) is 9.89. The number of nitrogens with zero attached hydrogens (tertiary/aromatic N) is 1. The Labute approximate surface area is 145 Å². The zero-order valence-electron chi connectivity index (χ0n) is 13.1. The minimum Gasteiger partial charge on any atom is -0.496 e. The van der Waals surface area contributed by atoms with E-state index in [0.717, 1.165) is 22.7 Å². The topological polar surface area (TPSA) is 61.8 Å². The molecule has 2 N–H and O–H groups in total. The first-order valence-corrected chi connectivity index (χ1v) is 7.85. The van der Waals surface area contributed by atoms with E-state index in [9.17, 15) is 9.90 Å². The molecule has 3 rings (SSSR count). The van der Waals surface area contributed by atoms with Gasteiger partial charge in [-0.05, 0) is 42.8 Å². The molecule has 0 saturated heterocycles. The van der Waals surface area contributed by atoms with Crippen molar-refractivity contribution in [1.82, 2.24) is 10.2 Å². The van der Waals surface area contributed by atoms with E-state index in [0.29, 0.717) is 18.0 Å². The van der Waals surface area contributed by atoms with Crippen molar-refractivity contribution in [2.45, 2.75) is 13.0 Å². The normalized spacial score (nSPS) is 15.9. The van der Waals surface area contributed by atoms with Crippen LogP contribution in [0.1, 0.15) is 12.0 Å². The Kier molecular flexibility index (Phi) is 4.62. The number of halogens is 1. The lowest BCUT2D eigenvalue weighted by Gasteiger charge is -2.29. The van der Waals surface area contributed by atoms with Crippen molar-refractivity contribution in [2.75, 3.05) is 7.11 Å². The average Bonchev–Trinajstić information content (AvgIpc) is 2.59. The molecule has 0 aliphatic carbocycles. The molecule has 2 aliphatic heterocycles. The minimum absolute atomic E-state index is 0.261. The van der Waals surface area contributed by atoms with Crippen LogP contribution in [0.4, 0.5) is 0 Å². The van der Waals surface area contributed by atoms with Gasteiger partial charge in [0.15, 0.2) is 0 Å². The van der Waals surface area contributed by atoms with E-state index in [1.807, 2.05) is 30.4 Å². The molecule has 2 heterocycles. The molecular weight excluding hydrogens is 328 g/mol. The molecule has 0 bridgehead atoms. The van der Waals surface area contributed by atoms with Gasteiger partial charge in [-0.2, -0.15) is 0 Å². The lowest BCUT2D eigenvalue weighted by molar-refractivity contribution is -0.133. The average molecular weight is 345 g/mol. The van der Waals surface area contributed by atoms with E-state index in [1.165, 1.54) is 0 Å². The van der Waals surface area contributed by atoms with Crippen molar-refractivity contribution >= 4 is 17.6 Å². The van der Waals surface area contributed by atoms with Crippen LogP contribution in [-0.4, -0.2) is 23.1 Å². The van der Waals surface area contributed by atoms with E-state index in [4.69, 9.17) is 16.3 Å². The summed E-state index contributed by atoms with van der Waals surface area (Å²) in [6, 6.07) is 5.44. The highest BCUT2D eigenvalue weighted by atomic mass is 35.5. The summed E-state index contributed by atoms with van der Waals surface area (Å²) in [5.74, 6) is -0.194. The number of nitrogens with one attached hydrogen (secondary N) is 1. The van der Waals surface area contributed by atoms with Crippen LogP contribution in [0.3, 0.4) is 0 Å². The molecule has 0 spiro atoms. The zero-order valence-corrected chi connectivity index (χ0v) is 13.9. The zero-order chi connectivity index (χ0) is 17.1. The summed E-state index contributed by atoms with van der Waals surface area (Å²) >= 11 is 6.04. The molecule has 6 heteroatoms. The van der Waals surface area contributed by atoms with Crippen LogP contribution in [0.15, 0.2) is 65.8 Å². The molecule has 5 nitrogen and oxygen atoms in total. The standard InChI is InChI=1S/C18H17ClN2O3/c1-24-17-8-5-13(19)9-12(17)10-20-14-6-7-15-3-2-4-16(18(22)23)21(15)11-14/h3-9,11,20H,2,10H2,1H3,(H,22,23). The van der Waals surface area contributed by atoms with Gasteiger partial charge in [-0.1, -0.05) is 17.7 Å². The van der Waals surface area contributed by atoms with Crippen LogP contribution >= 0.6 is 11.6 Å². The predicted octanol–water partition coefficient (Wildman–Crippen LogP) is 3.41. The third-order valence-corrected chi connectivity index (χ3v) is 4.06. The van der Waals surface area contributed by atoms with E-state index in [-0.39, 0.29) is 5.70 Å². The van der Waals surface area contributed by atoms with Crippen molar-refractivity contribution in [3.05, 3.63) is 76.4 Å². The van der Waals surface area contributed by atoms with Gasteiger partial charge in [-0.15, -0.1) is 0 Å². The number of benzene rings is 1. The van der Waals surface area contributed by atoms with Crippen LogP contribution in [-0.2, 0) is 11.3 Å². The molecule has 0 fully saturated rings. The van der Waals surface area contributed by atoms with E-state index in [1.54, 1.807) is 30.4 Å². The fraction of sp³-hybridized carbons (Fsp3) is 0.167. The molecule has 1 aromatic carbocycles. The van der Waals surface area contributed by atoms with E-state index < -0.39 is 5.97 Å². The van der Waals surface area contributed by atoms with Gasteiger partial charge < -0.3 is 20.1 Å². The fourth-order valence-corrected chi connectivity index (χ4v) is 2.85. The maximum atomic E-state index is 11.4. The second-order valence-electron chi connectivity index (χ2n) is 5.36. The van der Waals surface area contributed by atoms with Gasteiger partial charge in [-0.25, -0.2) is 4.79 Å². The SMILES string of the molecule is COc1ccc(Cl)cc1CNC1=CN2C(=CCC=C2C(=O)O)C=C1. The van der Waals surface area contributed by atoms with Crippen LogP contribution < -0.4 is 10.1 Å². The highest BCUT2D eigenvalue weighted by Crippen LogP contribution is 2.27. The Morgan fingerprint density at radius 3 is 2.96 bits per heavy atom. The summed E-state index contributed by atoms with van der Waals surface area (Å²) in [7, 11) is 1.61. The summed E-state index contributed by atoms with van der Waals surface area (Å²) in [5.41, 5.74) is 2.86. The summed E-state index contributed by atoms with van der Waals surface area (Å²) in [6.45, 7) is 0.513. The third kappa shape index (κ3) is 3.31. The van der Waals surface area contributed by atoms with Crippen molar-refractivity contribution in [3.63, 3.8) is 0 Å². The van der Waals surface area contributed by atoms with Crippen molar-refractivity contribution in [3.8, 4) is 5.75 Å². The van der Waals surface area contributed by atoms with Crippen LogP contribution in [0.5, 0.6) is 5.75 Å². The number of aliphatic carboxylic acids is 1. The number of carbonyl (C=O) groups is 1. The molecule has 0 atom stereocenters. The second kappa shape index (κ2) is 6.84. The number of ether oxygens (including phenoxy) is 1. The van der Waals surface area contributed by atoms with Crippen LogP contribution in [0.2, 0.25) is 5.02 Å². The van der Waals surface area contributed by atoms with Gasteiger partial charge in [0.05, 0.1) is 12.8 Å². The molecule has 0 unspecified atom stereocenters.